The molecule has 8 nitrogen and oxygen atoms in total. The fourth-order valence-corrected chi connectivity index (χ4v) is 4.07. The molecule has 0 saturated carbocycles. The minimum absolute atomic E-state index is 0. The fourth-order valence-electron chi connectivity index (χ4n) is 3.34. The van der Waals surface area contributed by atoms with E-state index in [1.54, 1.807) is 16.9 Å². The fraction of sp³-hybridized carbons (Fsp3) is 0.208. The average Bonchev–Trinajstić information content (AvgIpc) is 3.53. The number of nitrogens with one attached hydrogen (secondary N) is 2. The zero-order chi connectivity index (χ0) is 23.4. The van der Waals surface area contributed by atoms with E-state index in [2.05, 4.69) is 20.7 Å². The van der Waals surface area contributed by atoms with E-state index in [1.807, 2.05) is 73.6 Å². The number of carbonyl (C=O) groups is 2. The minimum atomic E-state index is -0.330. The van der Waals surface area contributed by atoms with Crippen LogP contribution < -0.4 is 10.6 Å². The van der Waals surface area contributed by atoms with Crippen molar-refractivity contribution in [3.05, 3.63) is 71.9 Å². The molecule has 10 heteroatoms. The Balaban J connectivity index is 0.00000324. The van der Waals surface area contributed by atoms with Gasteiger partial charge in [0.1, 0.15) is 0 Å². The maximum atomic E-state index is 12.3. The molecule has 0 aliphatic rings. The molecule has 0 unspecified atom stereocenters. The van der Waals surface area contributed by atoms with Crippen LogP contribution in [0, 0.1) is 37.0 Å². The summed E-state index contributed by atoms with van der Waals surface area (Å²) in [6.07, 6.45) is 5.52. The van der Waals surface area contributed by atoms with Gasteiger partial charge < -0.3 is 21.1 Å². The normalized spacial score (nSPS) is 10.7. The molecule has 0 radical (unpaired) electrons. The van der Waals surface area contributed by atoms with Crippen molar-refractivity contribution in [3.63, 3.8) is 0 Å². The zero-order valence-electron chi connectivity index (χ0n) is 19.2. The van der Waals surface area contributed by atoms with Crippen LogP contribution in [-0.2, 0) is 18.4 Å². The first-order chi connectivity index (χ1) is 15.9. The number of benzene rings is 1. The molecule has 0 aliphatic heterocycles. The number of amides is 2. The Morgan fingerprint density at radius 3 is 2.56 bits per heavy atom. The molecule has 0 saturated heterocycles. The zero-order valence-corrected chi connectivity index (χ0v) is 24.2. The molecule has 0 bridgehead atoms. The van der Waals surface area contributed by atoms with Gasteiger partial charge in [-0.15, -0.1) is 11.3 Å². The quantitative estimate of drug-likeness (QED) is 0.272. The minimum Gasteiger partial charge on any atom is -0.383 e. The summed E-state index contributed by atoms with van der Waals surface area (Å²) in [5.41, 5.74) is 4.11. The van der Waals surface area contributed by atoms with E-state index >= 15 is 0 Å². The summed E-state index contributed by atoms with van der Waals surface area (Å²) in [6.45, 7) is 4.69. The van der Waals surface area contributed by atoms with Crippen LogP contribution in [0.1, 0.15) is 24.2 Å². The third-order valence-electron chi connectivity index (χ3n) is 4.84. The second kappa shape index (κ2) is 11.6. The summed E-state index contributed by atoms with van der Waals surface area (Å²) >= 11 is 1.34. The Morgan fingerprint density at radius 2 is 1.85 bits per heavy atom. The number of anilines is 1. The van der Waals surface area contributed by atoms with E-state index in [0.717, 1.165) is 29.1 Å². The molecule has 174 valence electrons. The van der Waals surface area contributed by atoms with E-state index in [9.17, 15) is 9.59 Å². The van der Waals surface area contributed by atoms with Crippen LogP contribution in [-0.4, -0.2) is 37.7 Å². The number of carbonyl (C=O) groups excluding carboxylic acids is 2. The van der Waals surface area contributed by atoms with Gasteiger partial charge in [-0.1, -0.05) is 24.7 Å². The van der Waals surface area contributed by atoms with Gasteiger partial charge in [-0.25, -0.2) is 4.98 Å². The Kier molecular flexibility index (Phi) is 8.89. The topological polar surface area (TPSA) is 93.8 Å². The Hall–Kier alpha value is -2.67. The third-order valence-corrected chi connectivity index (χ3v) is 5.60. The summed E-state index contributed by atoms with van der Waals surface area (Å²) in [5, 5.41) is 12.2. The molecule has 0 spiro atoms. The number of hydrogen-bond acceptors (Lipinski definition) is 5. The van der Waals surface area contributed by atoms with Crippen LogP contribution in [0.2, 0.25) is 0 Å². The van der Waals surface area contributed by atoms with Crippen molar-refractivity contribution in [1.82, 2.24) is 24.6 Å². The number of thiazole rings is 1. The van der Waals surface area contributed by atoms with Gasteiger partial charge in [0.05, 0.1) is 23.5 Å². The maximum Gasteiger partial charge on any atom is 0.253 e. The number of aromatic nitrogens is 4. The SMILES string of the molecule is C[C-](C)Cn1ccc(C(=O)NCC(=O)Nc2nc(-c3cccc(-c4ccn(C)n4)c3)cs2)c1.[U]. The van der Waals surface area contributed by atoms with Gasteiger partial charge in [0.2, 0.25) is 5.91 Å². The van der Waals surface area contributed by atoms with Gasteiger partial charge >= 0.3 is 0 Å². The van der Waals surface area contributed by atoms with Crippen molar-refractivity contribution in [1.29, 1.82) is 0 Å². The Morgan fingerprint density at radius 1 is 1.09 bits per heavy atom. The molecule has 34 heavy (non-hydrogen) atoms. The maximum absolute atomic E-state index is 12.3. The molecule has 2 amide bonds. The number of hydrogen-bond donors (Lipinski definition) is 2. The van der Waals surface area contributed by atoms with Crippen LogP contribution in [0.25, 0.3) is 22.5 Å². The van der Waals surface area contributed by atoms with Crippen LogP contribution in [0.5, 0.6) is 0 Å². The van der Waals surface area contributed by atoms with E-state index in [-0.39, 0.29) is 49.5 Å². The molecule has 1 aromatic carbocycles. The summed E-state index contributed by atoms with van der Waals surface area (Å²) in [6, 6.07) is 11.6. The van der Waals surface area contributed by atoms with Crippen LogP contribution in [0.4, 0.5) is 5.13 Å². The standard InChI is InChI=1S/C24H25N6O2S.U/c1-16(2)13-30-10-7-19(14-30)23(32)25-12-22(31)27-24-26-21(15-33-24)18-6-4-5-17(11-18)20-8-9-29(3)28-20;/h4-11,14-15H,12-13H2,1-3H3,(H,25,32)(H,26,27,31);/q-1;. The van der Waals surface area contributed by atoms with Gasteiger partial charge in [0.25, 0.3) is 5.91 Å². The molecule has 2 N–H and O–H groups in total. The number of rotatable bonds is 8. The predicted octanol–water partition coefficient (Wildman–Crippen LogP) is 3.99. The van der Waals surface area contributed by atoms with E-state index in [0.29, 0.717) is 10.7 Å². The first-order valence-electron chi connectivity index (χ1n) is 10.5. The first kappa shape index (κ1) is 25.9. The summed E-state index contributed by atoms with van der Waals surface area (Å²) < 4.78 is 3.70. The molecule has 0 fully saturated rings. The molecular weight excluding hydrogens is 674 g/mol. The van der Waals surface area contributed by atoms with Gasteiger partial charge in [-0.2, -0.15) is 18.9 Å². The van der Waals surface area contributed by atoms with Crippen molar-refractivity contribution < 1.29 is 40.7 Å². The van der Waals surface area contributed by atoms with Crippen molar-refractivity contribution in [3.8, 4) is 22.5 Å². The van der Waals surface area contributed by atoms with Crippen molar-refractivity contribution in [2.45, 2.75) is 20.4 Å². The van der Waals surface area contributed by atoms with E-state index < -0.39 is 0 Å². The third kappa shape index (κ3) is 6.69. The summed E-state index contributed by atoms with van der Waals surface area (Å²) in [5.74, 6) is 0.621. The van der Waals surface area contributed by atoms with Crippen molar-refractivity contribution in [2.75, 3.05) is 11.9 Å². The second-order valence-corrected chi connectivity index (χ2v) is 8.86. The largest absolute Gasteiger partial charge is 0.383 e. The van der Waals surface area contributed by atoms with Crippen LogP contribution in [0.15, 0.2) is 60.4 Å². The van der Waals surface area contributed by atoms with E-state index in [4.69, 9.17) is 0 Å². The Bertz CT molecular complexity index is 1280. The van der Waals surface area contributed by atoms with Gasteiger partial charge in [-0.3, -0.25) is 14.3 Å². The second-order valence-electron chi connectivity index (χ2n) is 8.00. The van der Waals surface area contributed by atoms with Crippen molar-refractivity contribution in [2.24, 2.45) is 7.05 Å². The van der Waals surface area contributed by atoms with E-state index in [1.165, 1.54) is 17.3 Å². The predicted molar refractivity (Wildman–Crippen MR) is 130 cm³/mol. The molecule has 3 heterocycles. The average molecular weight is 700 g/mol. The molecule has 0 aliphatic carbocycles. The van der Waals surface area contributed by atoms with Gasteiger partial charge in [-0.05, 0) is 18.2 Å². The smallest absolute Gasteiger partial charge is 0.253 e. The summed E-state index contributed by atoms with van der Waals surface area (Å²) in [4.78, 5) is 29.1. The molecule has 0 atom stereocenters. The van der Waals surface area contributed by atoms with Crippen LogP contribution >= 0.6 is 11.3 Å². The molecular formula is C24H25N6O2SU-. The van der Waals surface area contributed by atoms with Crippen molar-refractivity contribution >= 4 is 28.3 Å². The molecule has 4 rings (SSSR count). The monoisotopic (exact) mass is 699 g/mol. The molecule has 4 aromatic rings. The Labute approximate surface area is 226 Å². The van der Waals surface area contributed by atoms with Gasteiger partial charge in [0, 0.05) is 73.3 Å². The number of nitrogens with zero attached hydrogens (tertiary/aromatic N) is 4. The summed E-state index contributed by atoms with van der Waals surface area (Å²) in [7, 11) is 1.88. The number of aryl methyl sites for hydroxylation is 1. The first-order valence-corrected chi connectivity index (χ1v) is 11.3. The van der Waals surface area contributed by atoms with Gasteiger partial charge in [0.15, 0.2) is 5.13 Å². The molecule has 3 aromatic heterocycles. The van der Waals surface area contributed by atoms with Crippen LogP contribution in [0.3, 0.4) is 0 Å².